The Morgan fingerprint density at radius 2 is 2.00 bits per heavy atom. The van der Waals surface area contributed by atoms with Gasteiger partial charge in [-0.1, -0.05) is 23.7 Å². The van der Waals surface area contributed by atoms with Crippen LogP contribution < -0.4 is 4.74 Å². The van der Waals surface area contributed by atoms with Gasteiger partial charge in [-0.25, -0.2) is 0 Å². The number of alkyl halides is 3. The SMILES string of the molecule is Cc1cc(Cl)ccc1Cn1nc(C=CCCCO)c2ccc(OC(F)(F)F)cc21. The van der Waals surface area contributed by atoms with Gasteiger partial charge in [-0.15, -0.1) is 13.2 Å². The van der Waals surface area contributed by atoms with Crippen molar-refractivity contribution in [2.24, 2.45) is 0 Å². The van der Waals surface area contributed by atoms with Crippen LogP contribution in [0.5, 0.6) is 5.75 Å². The van der Waals surface area contributed by atoms with Crippen molar-refractivity contribution < 1.29 is 23.0 Å². The average Bonchev–Trinajstić information content (AvgIpc) is 2.97. The van der Waals surface area contributed by atoms with Crippen molar-refractivity contribution in [3.05, 3.63) is 64.3 Å². The maximum Gasteiger partial charge on any atom is 0.573 e. The molecule has 3 rings (SSSR count). The molecule has 0 saturated heterocycles. The summed E-state index contributed by atoms with van der Waals surface area (Å²) < 4.78 is 43.6. The number of benzene rings is 2. The van der Waals surface area contributed by atoms with E-state index in [9.17, 15) is 13.2 Å². The predicted octanol–water partition coefficient (Wildman–Crippen LogP) is 5.73. The number of hydrogen-bond donors (Lipinski definition) is 1. The molecular formula is C21H20ClF3N2O2. The van der Waals surface area contributed by atoms with Crippen LogP contribution in [0.1, 0.15) is 29.7 Å². The Balaban J connectivity index is 2.02. The number of nitrogens with zero attached hydrogens (tertiary/aromatic N) is 2. The Morgan fingerprint density at radius 1 is 1.21 bits per heavy atom. The van der Waals surface area contributed by atoms with Crippen LogP contribution in [-0.4, -0.2) is 27.9 Å². The highest BCUT2D eigenvalue weighted by molar-refractivity contribution is 6.30. The van der Waals surface area contributed by atoms with Crippen LogP contribution >= 0.6 is 11.6 Å². The molecule has 0 radical (unpaired) electrons. The smallest absolute Gasteiger partial charge is 0.406 e. The maximum atomic E-state index is 12.6. The van der Waals surface area contributed by atoms with Crippen LogP contribution in [0.4, 0.5) is 13.2 Å². The number of aliphatic hydroxyl groups excluding tert-OH is 1. The third-order valence-corrected chi connectivity index (χ3v) is 4.65. The number of aromatic nitrogens is 2. The molecule has 8 heteroatoms. The average molecular weight is 425 g/mol. The predicted molar refractivity (Wildman–Crippen MR) is 107 cm³/mol. The first-order valence-electron chi connectivity index (χ1n) is 9.05. The first-order chi connectivity index (χ1) is 13.8. The molecule has 0 aliphatic heterocycles. The van der Waals surface area contributed by atoms with Gasteiger partial charge in [0.2, 0.25) is 0 Å². The number of rotatable bonds is 7. The number of fused-ring (bicyclic) bond motifs is 1. The van der Waals surface area contributed by atoms with Crippen molar-refractivity contribution in [3.8, 4) is 5.75 Å². The van der Waals surface area contributed by atoms with Crippen molar-refractivity contribution in [1.29, 1.82) is 0 Å². The van der Waals surface area contributed by atoms with Crippen molar-refractivity contribution in [2.45, 2.75) is 32.7 Å². The zero-order valence-corrected chi connectivity index (χ0v) is 16.5. The van der Waals surface area contributed by atoms with Crippen LogP contribution in [0, 0.1) is 6.92 Å². The Kier molecular flexibility index (Phi) is 6.49. The van der Waals surface area contributed by atoms with E-state index in [2.05, 4.69) is 9.84 Å². The molecule has 1 heterocycles. The van der Waals surface area contributed by atoms with Crippen molar-refractivity contribution >= 4 is 28.6 Å². The van der Waals surface area contributed by atoms with Crippen LogP contribution in [0.25, 0.3) is 17.0 Å². The second kappa shape index (κ2) is 8.88. The molecule has 0 spiro atoms. The lowest BCUT2D eigenvalue weighted by atomic mass is 10.1. The van der Waals surface area contributed by atoms with Gasteiger partial charge in [0.25, 0.3) is 0 Å². The summed E-state index contributed by atoms with van der Waals surface area (Å²) in [4.78, 5) is 0. The number of aliphatic hydroxyl groups is 1. The molecule has 0 aliphatic carbocycles. The lowest BCUT2D eigenvalue weighted by Gasteiger charge is -2.10. The number of allylic oxidation sites excluding steroid dienone is 1. The monoisotopic (exact) mass is 424 g/mol. The lowest BCUT2D eigenvalue weighted by Crippen LogP contribution is -2.17. The minimum Gasteiger partial charge on any atom is -0.406 e. The van der Waals surface area contributed by atoms with E-state index in [0.29, 0.717) is 41.0 Å². The minimum absolute atomic E-state index is 0.0908. The molecule has 3 aromatic rings. The molecule has 0 fully saturated rings. The highest BCUT2D eigenvalue weighted by atomic mass is 35.5. The largest absolute Gasteiger partial charge is 0.573 e. The molecule has 0 unspecified atom stereocenters. The molecule has 0 bridgehead atoms. The van der Waals surface area contributed by atoms with E-state index in [0.717, 1.165) is 11.1 Å². The van der Waals surface area contributed by atoms with Crippen LogP contribution in [0.15, 0.2) is 42.5 Å². The summed E-state index contributed by atoms with van der Waals surface area (Å²) in [6.45, 7) is 2.38. The normalized spacial score (nSPS) is 12.2. The van der Waals surface area contributed by atoms with Gasteiger partial charge in [-0.3, -0.25) is 4.68 Å². The van der Waals surface area contributed by atoms with Gasteiger partial charge >= 0.3 is 6.36 Å². The fourth-order valence-electron chi connectivity index (χ4n) is 3.02. The van der Waals surface area contributed by atoms with Crippen LogP contribution in [0.2, 0.25) is 5.02 Å². The molecular weight excluding hydrogens is 405 g/mol. The third-order valence-electron chi connectivity index (χ3n) is 4.41. The molecule has 0 atom stereocenters. The Morgan fingerprint density at radius 3 is 2.69 bits per heavy atom. The lowest BCUT2D eigenvalue weighted by molar-refractivity contribution is -0.274. The molecule has 0 aliphatic rings. The second-order valence-corrected chi connectivity index (χ2v) is 7.05. The highest BCUT2D eigenvalue weighted by Gasteiger charge is 2.31. The number of unbranched alkanes of at least 4 members (excludes halogenated alkanes) is 1. The molecule has 2 aromatic carbocycles. The fourth-order valence-corrected chi connectivity index (χ4v) is 3.25. The number of halogens is 4. The van der Waals surface area contributed by atoms with E-state index in [1.54, 1.807) is 16.8 Å². The topological polar surface area (TPSA) is 47.3 Å². The van der Waals surface area contributed by atoms with E-state index in [4.69, 9.17) is 16.7 Å². The Bertz CT molecular complexity index is 1030. The fraction of sp³-hybridized carbons (Fsp3) is 0.286. The standard InChI is InChI=1S/C21H20ClF3N2O2/c1-14-11-16(22)7-6-15(14)13-27-20-12-17(29-21(23,24)25)8-9-18(20)19(26-27)5-3-2-4-10-28/h3,5-9,11-12,28H,2,4,10,13H2,1H3. The van der Waals surface area contributed by atoms with Gasteiger partial charge < -0.3 is 9.84 Å². The van der Waals surface area contributed by atoms with Gasteiger partial charge in [0.1, 0.15) is 5.75 Å². The maximum absolute atomic E-state index is 12.6. The van der Waals surface area contributed by atoms with E-state index < -0.39 is 6.36 Å². The minimum atomic E-state index is -4.77. The Labute approximate surface area is 171 Å². The van der Waals surface area contributed by atoms with Gasteiger partial charge in [-0.05, 0) is 61.2 Å². The van der Waals surface area contributed by atoms with Gasteiger partial charge in [0.05, 0.1) is 17.8 Å². The zero-order chi connectivity index (χ0) is 21.0. The van der Waals surface area contributed by atoms with Crippen molar-refractivity contribution in [2.75, 3.05) is 6.61 Å². The number of aryl methyl sites for hydroxylation is 1. The molecule has 1 aromatic heterocycles. The summed E-state index contributed by atoms with van der Waals surface area (Å²) >= 11 is 6.01. The van der Waals surface area contributed by atoms with E-state index in [-0.39, 0.29) is 12.4 Å². The Hall–Kier alpha value is -2.51. The first-order valence-corrected chi connectivity index (χ1v) is 9.43. The molecule has 0 saturated carbocycles. The second-order valence-electron chi connectivity index (χ2n) is 6.61. The van der Waals surface area contributed by atoms with Gasteiger partial charge in [0.15, 0.2) is 0 Å². The summed E-state index contributed by atoms with van der Waals surface area (Å²) in [7, 11) is 0. The highest BCUT2D eigenvalue weighted by Crippen LogP contribution is 2.29. The molecule has 4 nitrogen and oxygen atoms in total. The van der Waals surface area contributed by atoms with Gasteiger partial charge in [-0.2, -0.15) is 5.10 Å². The zero-order valence-electron chi connectivity index (χ0n) is 15.7. The van der Waals surface area contributed by atoms with Crippen LogP contribution in [-0.2, 0) is 6.54 Å². The van der Waals surface area contributed by atoms with Crippen molar-refractivity contribution in [3.63, 3.8) is 0 Å². The summed E-state index contributed by atoms with van der Waals surface area (Å²) in [5, 5.41) is 14.8. The summed E-state index contributed by atoms with van der Waals surface area (Å²) in [6.07, 6.45) is 0.237. The quantitative estimate of drug-likeness (QED) is 0.493. The number of hydrogen-bond acceptors (Lipinski definition) is 3. The molecule has 29 heavy (non-hydrogen) atoms. The van der Waals surface area contributed by atoms with E-state index >= 15 is 0 Å². The van der Waals surface area contributed by atoms with Crippen molar-refractivity contribution in [1.82, 2.24) is 9.78 Å². The molecule has 0 amide bonds. The van der Waals surface area contributed by atoms with Crippen LogP contribution in [0.3, 0.4) is 0 Å². The molecule has 1 N–H and O–H groups in total. The summed E-state index contributed by atoms with van der Waals surface area (Å²) in [5.74, 6) is -0.296. The summed E-state index contributed by atoms with van der Waals surface area (Å²) in [5.41, 5.74) is 3.09. The number of ether oxygens (including phenoxy) is 1. The third kappa shape index (κ3) is 5.52. The van der Waals surface area contributed by atoms with Gasteiger partial charge in [0, 0.05) is 23.1 Å². The molecule has 154 valence electrons. The van der Waals surface area contributed by atoms with E-state index in [1.807, 2.05) is 31.2 Å². The first kappa shape index (κ1) is 21.2. The van der Waals surface area contributed by atoms with E-state index in [1.165, 1.54) is 12.1 Å². The summed E-state index contributed by atoms with van der Waals surface area (Å²) in [6, 6.07) is 9.66.